The van der Waals surface area contributed by atoms with Crippen molar-refractivity contribution in [2.45, 2.75) is 46.6 Å². The average Bonchev–Trinajstić information content (AvgIpc) is 3.18. The number of nitrogens with zero attached hydrogens (tertiary/aromatic N) is 2. The van der Waals surface area contributed by atoms with Gasteiger partial charge in [-0.05, 0) is 43.0 Å². The zero-order valence-corrected chi connectivity index (χ0v) is 23.8. The van der Waals surface area contributed by atoms with E-state index in [1.807, 2.05) is 31.0 Å². The van der Waals surface area contributed by atoms with Gasteiger partial charge in [-0.3, -0.25) is 10.2 Å². The van der Waals surface area contributed by atoms with Crippen LogP contribution in [0.25, 0.3) is 0 Å². The van der Waals surface area contributed by atoms with Crippen LogP contribution in [0.4, 0.5) is 10.1 Å². The second kappa shape index (κ2) is 12.0. The highest BCUT2D eigenvalue weighted by Crippen LogP contribution is 2.41. The number of ketones is 1. The van der Waals surface area contributed by atoms with Crippen molar-refractivity contribution in [2.75, 3.05) is 59.1 Å². The summed E-state index contributed by atoms with van der Waals surface area (Å²) in [5.74, 6) is 0.168. The first-order valence-electron chi connectivity index (χ1n) is 12.9. The Morgan fingerprint density at radius 1 is 1.11 bits per heavy atom. The summed E-state index contributed by atoms with van der Waals surface area (Å²) >= 11 is 0. The molecule has 1 N–H and O–H groups in total. The van der Waals surface area contributed by atoms with E-state index in [2.05, 4.69) is 20.8 Å². The number of Topliss-reactive ketones (excluding diaryl/α,β-unsaturated/α-hetero) is 1. The molecule has 0 saturated heterocycles. The van der Waals surface area contributed by atoms with E-state index in [0.29, 0.717) is 42.4 Å². The second-order valence-electron chi connectivity index (χ2n) is 10.3. The Kier molecular flexibility index (Phi) is 9.25. The van der Waals surface area contributed by atoms with Gasteiger partial charge in [0.1, 0.15) is 11.6 Å². The van der Waals surface area contributed by atoms with Crippen molar-refractivity contribution in [3.63, 3.8) is 0 Å². The lowest BCUT2D eigenvalue weighted by Crippen LogP contribution is -2.31. The number of fused-ring (bicyclic) bond motifs is 1. The molecule has 208 valence electrons. The molecule has 0 amide bonds. The molecule has 8 nitrogen and oxygen atoms in total. The summed E-state index contributed by atoms with van der Waals surface area (Å²) in [6, 6.07) is 5.39. The topological polar surface area (TPSA) is 84.3 Å². The summed E-state index contributed by atoms with van der Waals surface area (Å²) < 4.78 is 37.6. The number of anilines is 1. The van der Waals surface area contributed by atoms with Gasteiger partial charge >= 0.3 is 0 Å². The Labute approximate surface area is 225 Å². The van der Waals surface area contributed by atoms with Crippen LogP contribution in [0.1, 0.15) is 61.7 Å². The van der Waals surface area contributed by atoms with E-state index in [1.54, 1.807) is 32.1 Å². The number of amidine groups is 1. The van der Waals surface area contributed by atoms with E-state index in [1.165, 1.54) is 0 Å². The second-order valence-corrected chi connectivity index (χ2v) is 10.3. The van der Waals surface area contributed by atoms with Gasteiger partial charge in [0.2, 0.25) is 0 Å². The number of hydrogen-bond acceptors (Lipinski definition) is 7. The highest BCUT2D eigenvalue weighted by molar-refractivity contribution is 6.06. The highest BCUT2D eigenvalue weighted by Gasteiger charge is 2.34. The van der Waals surface area contributed by atoms with Crippen molar-refractivity contribution in [3.8, 4) is 17.2 Å². The molecule has 0 radical (unpaired) electrons. The van der Waals surface area contributed by atoms with Crippen LogP contribution >= 0.6 is 0 Å². The molecule has 1 aliphatic rings. The summed E-state index contributed by atoms with van der Waals surface area (Å²) in [7, 11) is 5.20. The number of likely N-dealkylation sites (N-methyl/N-ethyl adjacent to an activating group) is 1. The van der Waals surface area contributed by atoms with Crippen molar-refractivity contribution >= 4 is 17.3 Å². The fourth-order valence-electron chi connectivity index (χ4n) is 4.60. The Bertz CT molecular complexity index is 1190. The van der Waals surface area contributed by atoms with Gasteiger partial charge in [-0.1, -0.05) is 20.8 Å². The Morgan fingerprint density at radius 2 is 1.79 bits per heavy atom. The fourth-order valence-corrected chi connectivity index (χ4v) is 4.60. The highest BCUT2D eigenvalue weighted by atomic mass is 19.1. The average molecular weight is 530 g/mol. The number of rotatable bonds is 12. The molecule has 0 atom stereocenters. The molecule has 1 heterocycles. The molecule has 0 fully saturated rings. The smallest absolute Gasteiger partial charge is 0.197 e. The van der Waals surface area contributed by atoms with Crippen molar-refractivity contribution < 1.29 is 28.1 Å². The van der Waals surface area contributed by atoms with Crippen molar-refractivity contribution in [1.82, 2.24) is 4.90 Å². The number of benzene rings is 2. The van der Waals surface area contributed by atoms with Gasteiger partial charge in [0, 0.05) is 38.4 Å². The molecule has 0 aliphatic carbocycles. The van der Waals surface area contributed by atoms with E-state index in [-0.39, 0.29) is 48.0 Å². The number of nitrogens with one attached hydrogen (secondary N) is 1. The maximum absolute atomic E-state index is 15.5. The molecule has 0 bridgehead atoms. The van der Waals surface area contributed by atoms with Gasteiger partial charge in [0.05, 0.1) is 44.7 Å². The number of ether oxygens (including phenoxy) is 4. The standard InChI is InChI=1S/C29H40FN3O5/c1-9-37-23-15-19-16-33(28(31)24(19)25(30)27(23)38-10-2)17-22(34)18-13-20(29(3,4)5)26(36-8)21(14-18)32(6)11-12-35-7/h13-15,31H,9-12,16-17H2,1-8H3. The number of methoxy groups -OCH3 is 2. The molecule has 1 aliphatic heterocycles. The van der Waals surface area contributed by atoms with Crippen LogP contribution in [0, 0.1) is 11.2 Å². The van der Waals surface area contributed by atoms with E-state index in [0.717, 1.165) is 11.3 Å². The van der Waals surface area contributed by atoms with Crippen LogP contribution in [-0.4, -0.2) is 70.7 Å². The van der Waals surface area contributed by atoms with Crippen molar-refractivity contribution in [2.24, 2.45) is 0 Å². The molecular formula is C29H40FN3O5. The third kappa shape index (κ3) is 5.88. The molecule has 0 spiro atoms. The summed E-state index contributed by atoms with van der Waals surface area (Å²) in [4.78, 5) is 17.2. The molecular weight excluding hydrogens is 489 g/mol. The Balaban J connectivity index is 1.97. The van der Waals surface area contributed by atoms with Gasteiger partial charge in [-0.25, -0.2) is 4.39 Å². The minimum atomic E-state index is -0.630. The zero-order valence-electron chi connectivity index (χ0n) is 23.8. The van der Waals surface area contributed by atoms with Gasteiger partial charge in [0.15, 0.2) is 23.1 Å². The van der Waals surface area contributed by atoms with E-state index in [4.69, 9.17) is 24.4 Å². The maximum Gasteiger partial charge on any atom is 0.197 e. The molecule has 2 aromatic rings. The third-order valence-corrected chi connectivity index (χ3v) is 6.55. The first kappa shape index (κ1) is 29.2. The van der Waals surface area contributed by atoms with Gasteiger partial charge in [-0.15, -0.1) is 0 Å². The van der Waals surface area contributed by atoms with Crippen LogP contribution in [0.3, 0.4) is 0 Å². The molecule has 9 heteroatoms. The van der Waals surface area contributed by atoms with E-state index < -0.39 is 5.82 Å². The largest absolute Gasteiger partial charge is 0.494 e. The van der Waals surface area contributed by atoms with Crippen molar-refractivity contribution in [3.05, 3.63) is 46.3 Å². The minimum absolute atomic E-state index is 0.000243. The van der Waals surface area contributed by atoms with Crippen molar-refractivity contribution in [1.29, 1.82) is 5.41 Å². The molecule has 2 aromatic carbocycles. The van der Waals surface area contributed by atoms with Gasteiger partial charge < -0.3 is 28.7 Å². The minimum Gasteiger partial charge on any atom is -0.494 e. The predicted octanol–water partition coefficient (Wildman–Crippen LogP) is 5.04. The van der Waals surface area contributed by atoms with Gasteiger partial charge in [-0.2, -0.15) is 0 Å². The van der Waals surface area contributed by atoms with Crippen LogP contribution < -0.4 is 19.1 Å². The van der Waals surface area contributed by atoms with Crippen LogP contribution in [0.2, 0.25) is 0 Å². The van der Waals surface area contributed by atoms with E-state index in [9.17, 15) is 4.79 Å². The lowest BCUT2D eigenvalue weighted by molar-refractivity contribution is 0.0962. The monoisotopic (exact) mass is 529 g/mol. The summed E-state index contributed by atoms with van der Waals surface area (Å²) in [6.07, 6.45) is 0. The quantitative estimate of drug-likeness (QED) is 0.386. The molecule has 0 aromatic heterocycles. The Hall–Kier alpha value is -3.33. The number of carbonyl (C=O) groups is 1. The summed E-state index contributed by atoms with van der Waals surface area (Å²) in [6.45, 7) is 11.7. The first-order valence-corrected chi connectivity index (χ1v) is 12.9. The van der Waals surface area contributed by atoms with Crippen LogP contribution in [-0.2, 0) is 16.7 Å². The number of halogens is 1. The zero-order chi connectivity index (χ0) is 28.2. The predicted molar refractivity (Wildman–Crippen MR) is 147 cm³/mol. The molecule has 38 heavy (non-hydrogen) atoms. The normalized spacial score (nSPS) is 13.0. The fraction of sp³-hybridized carbons (Fsp3) is 0.517. The SMILES string of the molecule is CCOc1cc2c(c(F)c1OCC)C(=N)N(CC(=O)c1cc(N(C)CCOC)c(OC)c(C(C)(C)C)c1)C2. The first-order chi connectivity index (χ1) is 18.0. The third-order valence-electron chi connectivity index (χ3n) is 6.55. The lowest BCUT2D eigenvalue weighted by Gasteiger charge is -2.29. The molecule has 3 rings (SSSR count). The Morgan fingerprint density at radius 3 is 2.37 bits per heavy atom. The lowest BCUT2D eigenvalue weighted by atomic mass is 9.84. The molecule has 0 unspecified atom stereocenters. The van der Waals surface area contributed by atoms with Crippen LogP contribution in [0.5, 0.6) is 17.2 Å². The van der Waals surface area contributed by atoms with E-state index >= 15 is 4.39 Å². The summed E-state index contributed by atoms with van der Waals surface area (Å²) in [5.41, 5.74) is 2.65. The van der Waals surface area contributed by atoms with Gasteiger partial charge in [0.25, 0.3) is 0 Å². The molecule has 0 saturated carbocycles. The summed E-state index contributed by atoms with van der Waals surface area (Å²) in [5, 5.41) is 8.67. The number of hydrogen-bond donors (Lipinski definition) is 1. The maximum atomic E-state index is 15.5. The number of carbonyl (C=O) groups excluding carboxylic acids is 1. The van der Waals surface area contributed by atoms with Crippen LogP contribution in [0.15, 0.2) is 18.2 Å².